The van der Waals surface area contributed by atoms with E-state index in [1.807, 2.05) is 0 Å². The van der Waals surface area contributed by atoms with Crippen LogP contribution >= 0.6 is 15.2 Å². The molecule has 1 aliphatic rings. The number of nitrogens with two attached hydrogens (primary N) is 1. The Kier molecular flexibility index (Phi) is 18.7. The Morgan fingerprint density at radius 1 is 1.03 bits per heavy atom. The summed E-state index contributed by atoms with van der Waals surface area (Å²) in [5.74, 6) is -0.0864. The Morgan fingerprint density at radius 2 is 1.62 bits per heavy atom. The van der Waals surface area contributed by atoms with Crippen LogP contribution in [-0.4, -0.2) is 80.4 Å². The fourth-order valence-electron chi connectivity index (χ4n) is 3.47. The van der Waals surface area contributed by atoms with Gasteiger partial charge in [0, 0.05) is 45.3 Å². The van der Waals surface area contributed by atoms with Crippen LogP contribution in [-0.2, 0) is 15.7 Å². The summed E-state index contributed by atoms with van der Waals surface area (Å²) in [6.07, 6.45) is 0.339. The maximum Gasteiger partial charge on any atom is 1.00 e. The van der Waals surface area contributed by atoms with Crippen molar-refractivity contribution in [1.29, 1.82) is 0 Å². The van der Waals surface area contributed by atoms with Gasteiger partial charge in [-0.3, -0.25) is 14.7 Å². The molecule has 1 aliphatic heterocycles. The molecule has 1 unspecified atom stereocenters. The molecule has 3 heterocycles. The first kappa shape index (κ1) is 38.5. The summed E-state index contributed by atoms with van der Waals surface area (Å²) in [6, 6.07) is -0.345. The van der Waals surface area contributed by atoms with Gasteiger partial charge >= 0.3 is 118 Å². The van der Waals surface area contributed by atoms with E-state index in [-0.39, 0.29) is 161 Å². The molecule has 0 radical (unpaired) electrons. The first-order valence-electron chi connectivity index (χ1n) is 9.10. The summed E-state index contributed by atoms with van der Waals surface area (Å²) in [5, 5.41) is 0. The fraction of sp³-hybridized carbons (Fsp3) is 0.643. The number of imidazole rings is 1. The Labute approximate surface area is 284 Å². The maximum absolute atomic E-state index is 12.0. The molecule has 2 aromatic heterocycles. The number of hydrogen-bond donors (Lipinski definition) is 2. The van der Waals surface area contributed by atoms with Crippen LogP contribution in [0.5, 0.6) is 0 Å². The van der Waals surface area contributed by atoms with Crippen LogP contribution in [0.15, 0.2) is 11.1 Å². The number of aromatic amines is 1. The minimum atomic E-state index is -4.70. The van der Waals surface area contributed by atoms with Crippen molar-refractivity contribution in [2.75, 3.05) is 50.8 Å². The van der Waals surface area contributed by atoms with Gasteiger partial charge in [-0.05, 0) is 12.3 Å². The molecule has 3 rings (SSSR count). The minimum Gasteiger partial charge on any atom is -0.811 e. The molecule has 0 spiro atoms. The number of nitrogens with one attached hydrogen (secondary N) is 1. The van der Waals surface area contributed by atoms with Gasteiger partial charge in [-0.25, -0.2) is 4.98 Å². The van der Waals surface area contributed by atoms with E-state index < -0.39 is 33.1 Å². The molecule has 0 amide bonds. The second kappa shape index (κ2) is 16.5. The SMILES string of the molecule is Nc1nc2c(ncn2CC2CN(CCP(=O)([O-])[O-])CCN2CCP(=O)([O-])[O-])c(=O)[nH]1.[Na+].[Na+].[Na+].[Na+]. The van der Waals surface area contributed by atoms with Gasteiger partial charge in [0.15, 0.2) is 11.2 Å². The number of rotatable bonds is 8. The van der Waals surface area contributed by atoms with Gasteiger partial charge in [0.05, 0.1) is 6.33 Å². The minimum absolute atomic E-state index is 0. The van der Waals surface area contributed by atoms with Crippen LogP contribution < -0.4 is 149 Å². The molecule has 34 heavy (non-hydrogen) atoms. The number of fused-ring (bicyclic) bond motifs is 1. The zero-order chi connectivity index (χ0) is 22.1. The van der Waals surface area contributed by atoms with Crippen molar-refractivity contribution in [1.82, 2.24) is 29.3 Å². The van der Waals surface area contributed by atoms with E-state index in [2.05, 4.69) is 15.0 Å². The van der Waals surface area contributed by atoms with E-state index in [0.717, 1.165) is 0 Å². The van der Waals surface area contributed by atoms with Gasteiger partial charge in [0.25, 0.3) is 5.56 Å². The molecule has 0 aromatic carbocycles. The Balaban J connectivity index is 0. The molecule has 3 N–H and O–H groups in total. The van der Waals surface area contributed by atoms with E-state index in [4.69, 9.17) is 5.73 Å². The molecule has 14 nitrogen and oxygen atoms in total. The third kappa shape index (κ3) is 12.0. The Bertz CT molecular complexity index is 1060. The van der Waals surface area contributed by atoms with Gasteiger partial charge in [0.1, 0.15) is 0 Å². The topological polar surface area (TPSA) is 222 Å². The predicted molar refractivity (Wildman–Crippen MR) is 99.3 cm³/mol. The second-order valence-corrected chi connectivity index (χ2v) is 10.5. The van der Waals surface area contributed by atoms with Crippen LogP contribution in [0.25, 0.3) is 11.2 Å². The van der Waals surface area contributed by atoms with E-state index in [1.54, 1.807) is 14.4 Å². The van der Waals surface area contributed by atoms with Gasteiger partial charge in [0.2, 0.25) is 5.95 Å². The van der Waals surface area contributed by atoms with Gasteiger partial charge < -0.3 is 43.9 Å². The van der Waals surface area contributed by atoms with Crippen LogP contribution in [0.2, 0.25) is 0 Å². The summed E-state index contributed by atoms with van der Waals surface area (Å²) in [5.41, 5.74) is 5.43. The van der Waals surface area contributed by atoms with Crippen LogP contribution in [0.1, 0.15) is 0 Å². The maximum atomic E-state index is 12.0. The van der Waals surface area contributed by atoms with Crippen LogP contribution in [0.4, 0.5) is 5.95 Å². The first-order valence-corrected chi connectivity index (χ1v) is 12.6. The summed E-state index contributed by atoms with van der Waals surface area (Å²) in [4.78, 5) is 70.1. The standard InChI is InChI=1S/C14H25N7O7P2.4Na/c15-14-17-12-11(13(22)18-14)16-9-21(12)8-10-7-19(3-5-29(23,24)25)1-2-20(10)4-6-30(26,27)28;;;;/h9-10H,1-8H2,(H2,23,24,25)(H2,26,27,28)(H3,15,17,18,22);;;;/q;4*+1/p-4. The fourth-order valence-corrected chi connectivity index (χ4v) is 4.50. The number of anilines is 1. The van der Waals surface area contributed by atoms with E-state index in [9.17, 15) is 33.5 Å². The number of aromatic nitrogens is 4. The molecule has 0 saturated carbocycles. The van der Waals surface area contributed by atoms with Crippen molar-refractivity contribution in [3.05, 3.63) is 16.7 Å². The van der Waals surface area contributed by atoms with E-state index in [1.165, 1.54) is 6.33 Å². The van der Waals surface area contributed by atoms with Crippen LogP contribution in [0.3, 0.4) is 0 Å². The number of H-pyrrole nitrogens is 1. The number of piperazine rings is 1. The van der Waals surface area contributed by atoms with Crippen molar-refractivity contribution in [3.8, 4) is 0 Å². The number of nitrogens with zero attached hydrogens (tertiary/aromatic N) is 5. The molecule has 2 aromatic rings. The largest absolute Gasteiger partial charge is 1.00 e. The summed E-state index contributed by atoms with van der Waals surface area (Å²) in [7, 11) is -9.35. The summed E-state index contributed by atoms with van der Waals surface area (Å²) < 4.78 is 23.6. The second-order valence-electron chi connectivity index (χ2n) is 7.18. The molecule has 168 valence electrons. The molecular formula is C14H21N7Na4O7P2. The van der Waals surface area contributed by atoms with Gasteiger partial charge in [-0.2, -0.15) is 4.98 Å². The zero-order valence-corrected chi connectivity index (χ0v) is 29.7. The van der Waals surface area contributed by atoms with Crippen molar-refractivity contribution in [2.45, 2.75) is 12.6 Å². The molecular weight excluding hydrogens is 532 g/mol. The average Bonchev–Trinajstić information content (AvgIpc) is 3.01. The normalized spacial score (nSPS) is 17.2. The third-order valence-corrected chi connectivity index (χ3v) is 6.44. The zero-order valence-electron chi connectivity index (χ0n) is 19.9. The molecule has 0 aliphatic carbocycles. The van der Waals surface area contributed by atoms with Crippen LogP contribution in [0, 0.1) is 0 Å². The van der Waals surface area contributed by atoms with E-state index in [0.29, 0.717) is 19.6 Å². The molecule has 0 bridgehead atoms. The Morgan fingerprint density at radius 3 is 2.21 bits per heavy atom. The van der Waals surface area contributed by atoms with Crippen molar-refractivity contribution in [2.24, 2.45) is 0 Å². The monoisotopic (exact) mass is 553 g/mol. The van der Waals surface area contributed by atoms with Crippen molar-refractivity contribution in [3.63, 3.8) is 0 Å². The van der Waals surface area contributed by atoms with Gasteiger partial charge in [-0.1, -0.05) is 15.2 Å². The Hall–Kier alpha value is 2.37. The summed E-state index contributed by atoms with van der Waals surface area (Å²) in [6.45, 7) is 1.39. The number of nitrogen functional groups attached to an aromatic ring is 1. The third-order valence-electron chi connectivity index (χ3n) is 4.94. The van der Waals surface area contributed by atoms with E-state index >= 15 is 0 Å². The first-order chi connectivity index (χ1) is 13.9. The smallest absolute Gasteiger partial charge is 0.811 e. The molecule has 1 saturated heterocycles. The van der Waals surface area contributed by atoms with Crippen molar-refractivity contribution < 1.29 is 147 Å². The van der Waals surface area contributed by atoms with Gasteiger partial charge in [-0.15, -0.1) is 0 Å². The molecule has 1 fully saturated rings. The predicted octanol–water partition coefficient (Wildman–Crippen LogP) is -16.5. The molecule has 20 heteroatoms. The summed E-state index contributed by atoms with van der Waals surface area (Å²) >= 11 is 0. The molecule has 1 atom stereocenters. The van der Waals surface area contributed by atoms with Crippen molar-refractivity contribution >= 4 is 32.3 Å². The number of hydrogen-bond acceptors (Lipinski definition) is 12. The average molecular weight is 553 g/mol. The quantitative estimate of drug-likeness (QED) is 0.230.